The van der Waals surface area contributed by atoms with Gasteiger partial charge in [-0.05, 0) is 0 Å². The minimum Gasteiger partial charge on any atom is -1.00 e. The van der Waals surface area contributed by atoms with Crippen LogP contribution >= 0.6 is 0 Å². The van der Waals surface area contributed by atoms with E-state index in [-0.39, 0.29) is 236 Å². The van der Waals surface area contributed by atoms with E-state index in [4.69, 9.17) is 0 Å². The zero-order valence-corrected chi connectivity index (χ0v) is 19.3. The molecule has 0 saturated heterocycles. The van der Waals surface area contributed by atoms with Crippen molar-refractivity contribution in [2.75, 3.05) is 0 Å². The molecule has 4 nitrogen and oxygen atoms in total. The summed E-state index contributed by atoms with van der Waals surface area (Å²) in [6.45, 7) is 0. The van der Waals surface area contributed by atoms with Crippen molar-refractivity contribution in [1.29, 1.82) is 0 Å². The Morgan fingerprint density at radius 1 is 0.375 bits per heavy atom. The van der Waals surface area contributed by atoms with E-state index in [2.05, 4.69) is 0 Å². The van der Waals surface area contributed by atoms with Crippen LogP contribution in [0, 0.1) is 0 Å². The Morgan fingerprint density at radius 2 is 0.375 bits per heavy atom. The minimum absolute atomic E-state index is 0. The van der Waals surface area contributed by atoms with Crippen LogP contribution in [0.2, 0.25) is 0 Å². The summed E-state index contributed by atoms with van der Waals surface area (Å²) >= 11 is 0. The van der Waals surface area contributed by atoms with E-state index in [9.17, 15) is 0 Å². The number of rotatable bonds is 0. The van der Waals surface area contributed by atoms with E-state index >= 15 is 0 Å². The van der Waals surface area contributed by atoms with E-state index < -0.39 is 0 Å². The maximum atomic E-state index is 0. The van der Waals surface area contributed by atoms with Crippen LogP contribution in [0.15, 0.2) is 0 Å². The van der Waals surface area contributed by atoms with Gasteiger partial charge in [-0.25, -0.2) is 0 Å². The van der Waals surface area contributed by atoms with Gasteiger partial charge in [0, 0.05) is 0 Å². The smallest absolute Gasteiger partial charge is 1.00 e. The largest absolute Gasteiger partial charge is 1.00 e. The van der Waals surface area contributed by atoms with Crippen molar-refractivity contribution in [3.8, 4) is 0 Å². The summed E-state index contributed by atoms with van der Waals surface area (Å²) in [6, 6.07) is 0. The van der Waals surface area contributed by atoms with Crippen LogP contribution in [-0.2, 0) is 0 Å². The molecule has 0 radical (unpaired) electrons. The Bertz CT molecular complexity index is 19.0. The van der Waals surface area contributed by atoms with Crippen LogP contribution in [0.4, 0.5) is 0 Å². The van der Waals surface area contributed by atoms with E-state index in [1.807, 2.05) is 0 Å². The molecule has 0 aliphatic heterocycles. The van der Waals surface area contributed by atoms with Crippen molar-refractivity contribution in [1.82, 2.24) is 24.6 Å². The normalized spacial score (nSPS) is 0. The summed E-state index contributed by atoms with van der Waals surface area (Å²) in [5.41, 5.74) is 0. The van der Waals surface area contributed by atoms with Gasteiger partial charge < -0.3 is 30.3 Å². The first-order chi connectivity index (χ1) is 0. The van der Waals surface area contributed by atoms with Gasteiger partial charge in [-0.3, -0.25) is 0 Å². The van der Waals surface area contributed by atoms with Gasteiger partial charge in [0.25, 0.3) is 0 Å². The SMILES string of the molecule is N.N.N.N.[H-].[H-].[H-].[H-].[K+].[K+].[K+].[K+]. The Hall–Kier alpha value is 6.39. The van der Waals surface area contributed by atoms with Crippen LogP contribution in [0.25, 0.3) is 0 Å². The second-order valence-corrected chi connectivity index (χ2v) is 0. The molecule has 0 rings (SSSR count). The monoisotopic (exact) mass is 228 g/mol. The van der Waals surface area contributed by atoms with Gasteiger partial charge in [0.1, 0.15) is 0 Å². The van der Waals surface area contributed by atoms with E-state index in [1.54, 1.807) is 0 Å². The first-order valence-electron chi connectivity index (χ1n) is 0. The minimum atomic E-state index is 0. The molecule has 0 aromatic carbocycles. The van der Waals surface area contributed by atoms with Crippen LogP contribution in [0.3, 0.4) is 0 Å². The van der Waals surface area contributed by atoms with Crippen molar-refractivity contribution >= 4 is 0 Å². The predicted octanol–water partition coefficient (Wildman–Crippen LogP) is -10.9. The molecule has 40 valence electrons. The van der Waals surface area contributed by atoms with Gasteiger partial charge in [0.2, 0.25) is 0 Å². The maximum Gasteiger partial charge on any atom is 1.00 e. The molecule has 0 amide bonds. The van der Waals surface area contributed by atoms with Crippen LogP contribution < -0.4 is 230 Å². The van der Waals surface area contributed by atoms with Gasteiger partial charge in [-0.2, -0.15) is 0 Å². The molecule has 0 aromatic rings. The van der Waals surface area contributed by atoms with Crippen molar-refractivity contribution in [2.45, 2.75) is 0 Å². The van der Waals surface area contributed by atoms with Crippen molar-refractivity contribution < 1.29 is 211 Å². The number of hydrogen-bond acceptors (Lipinski definition) is 4. The van der Waals surface area contributed by atoms with Crippen LogP contribution in [-0.4, -0.2) is 0 Å². The van der Waals surface area contributed by atoms with Crippen LogP contribution in [0.5, 0.6) is 0 Å². The predicted molar refractivity (Wildman–Crippen MR) is 24.5 cm³/mol. The Labute approximate surface area is 228 Å². The molecule has 8 heteroatoms. The number of hydrogen-bond donors (Lipinski definition) is 4. The van der Waals surface area contributed by atoms with E-state index in [0.717, 1.165) is 0 Å². The second kappa shape index (κ2) is 50.4. The first-order valence-corrected chi connectivity index (χ1v) is 0. The fourth-order valence-electron chi connectivity index (χ4n) is 0. The summed E-state index contributed by atoms with van der Waals surface area (Å²) in [5, 5.41) is 0. The summed E-state index contributed by atoms with van der Waals surface area (Å²) in [4.78, 5) is 0. The molecule has 0 heterocycles. The summed E-state index contributed by atoms with van der Waals surface area (Å²) in [7, 11) is 0. The molecule has 0 fully saturated rings. The van der Waals surface area contributed by atoms with Gasteiger partial charge in [0.05, 0.1) is 0 Å². The van der Waals surface area contributed by atoms with Crippen molar-refractivity contribution in [3.63, 3.8) is 0 Å². The Balaban J connectivity index is 0. The third-order valence-electron chi connectivity index (χ3n) is 0. The molecule has 0 aliphatic rings. The molecule has 0 unspecified atom stereocenters. The maximum absolute atomic E-state index is 0. The third kappa shape index (κ3) is 39.4. The quantitative estimate of drug-likeness (QED) is 0.306. The molecule has 0 spiro atoms. The van der Waals surface area contributed by atoms with Crippen molar-refractivity contribution in [2.24, 2.45) is 0 Å². The van der Waals surface area contributed by atoms with Gasteiger partial charge in [-0.15, -0.1) is 0 Å². The average molecular weight is 229 g/mol. The standard InChI is InChI=1S/4K.4H3N.4H/h;;;;4*1H3;;;;/q4*+1;;;;;4*-1. The summed E-state index contributed by atoms with van der Waals surface area (Å²) in [5.74, 6) is 0. The van der Waals surface area contributed by atoms with Gasteiger partial charge >= 0.3 is 206 Å². The Morgan fingerprint density at radius 3 is 0.375 bits per heavy atom. The molecule has 0 aromatic heterocycles. The molecule has 8 heavy (non-hydrogen) atoms. The molecule has 0 aliphatic carbocycles. The molecule has 12 N–H and O–H groups in total. The fraction of sp³-hybridized carbons (Fsp3) is 0. The molecule has 0 atom stereocenters. The fourth-order valence-corrected chi connectivity index (χ4v) is 0. The van der Waals surface area contributed by atoms with Gasteiger partial charge in [-0.1, -0.05) is 0 Å². The zero-order chi connectivity index (χ0) is 0. The molecule has 0 saturated carbocycles. The van der Waals surface area contributed by atoms with E-state index in [1.165, 1.54) is 0 Å². The average Bonchev–Trinajstić information content (AvgIpc) is 0. The first kappa shape index (κ1) is 63.2. The molecular formula is H16K4N4. The van der Waals surface area contributed by atoms with Gasteiger partial charge in [0.15, 0.2) is 0 Å². The molecular weight excluding hydrogens is 212 g/mol. The summed E-state index contributed by atoms with van der Waals surface area (Å²) < 4.78 is 0. The zero-order valence-electron chi connectivity index (χ0n) is 10.8. The van der Waals surface area contributed by atoms with Crippen LogP contribution in [0.1, 0.15) is 5.71 Å². The van der Waals surface area contributed by atoms with E-state index in [0.29, 0.717) is 0 Å². The molecule has 0 bridgehead atoms. The topological polar surface area (TPSA) is 140 Å². The third-order valence-corrected chi connectivity index (χ3v) is 0. The summed E-state index contributed by atoms with van der Waals surface area (Å²) in [6.07, 6.45) is 0. The Kier molecular flexibility index (Phi) is 398. The van der Waals surface area contributed by atoms with Crippen molar-refractivity contribution in [3.05, 3.63) is 0 Å². The second-order valence-electron chi connectivity index (χ2n) is 0.